The van der Waals surface area contributed by atoms with Crippen molar-refractivity contribution in [2.45, 2.75) is 13.8 Å². The standard InChI is InChI=1S/C20H18ClN5O2/c1-12-22-18(11-19(23-12)25-16-5-3-14(21)4-6-16)20(28)26-17-9-7-15(8-10-17)24-13(2)27/h3-11H,1-2H3,(H,24,27)(H,26,28)(H,22,23,25). The quantitative estimate of drug-likeness (QED) is 0.595. The fourth-order valence-corrected chi connectivity index (χ4v) is 2.59. The fraction of sp³-hybridized carbons (Fsp3) is 0.100. The van der Waals surface area contributed by atoms with Crippen molar-refractivity contribution in [3.05, 3.63) is 71.1 Å². The van der Waals surface area contributed by atoms with Crippen molar-refractivity contribution in [3.63, 3.8) is 0 Å². The van der Waals surface area contributed by atoms with Crippen LogP contribution in [0, 0.1) is 6.92 Å². The second-order valence-electron chi connectivity index (χ2n) is 6.03. The molecule has 3 aromatic rings. The number of amides is 2. The number of carbonyl (C=O) groups is 2. The van der Waals surface area contributed by atoms with E-state index >= 15 is 0 Å². The zero-order chi connectivity index (χ0) is 20.1. The maximum absolute atomic E-state index is 12.6. The second kappa shape index (κ2) is 8.49. The lowest BCUT2D eigenvalue weighted by Gasteiger charge is -2.10. The van der Waals surface area contributed by atoms with Gasteiger partial charge in [-0.05, 0) is 55.5 Å². The highest BCUT2D eigenvalue weighted by atomic mass is 35.5. The Bertz CT molecular complexity index is 1000. The molecule has 0 aliphatic heterocycles. The monoisotopic (exact) mass is 395 g/mol. The van der Waals surface area contributed by atoms with Gasteiger partial charge in [-0.25, -0.2) is 9.97 Å². The van der Waals surface area contributed by atoms with Gasteiger partial charge in [0.15, 0.2) is 0 Å². The van der Waals surface area contributed by atoms with Gasteiger partial charge in [0.1, 0.15) is 17.3 Å². The van der Waals surface area contributed by atoms with Crippen molar-refractivity contribution in [2.75, 3.05) is 16.0 Å². The Labute approximate surface area is 167 Å². The molecule has 1 aromatic heterocycles. The predicted molar refractivity (Wildman–Crippen MR) is 110 cm³/mol. The Morgan fingerprint density at radius 1 is 0.857 bits per heavy atom. The van der Waals surface area contributed by atoms with Gasteiger partial charge in [-0.3, -0.25) is 9.59 Å². The van der Waals surface area contributed by atoms with E-state index in [0.717, 1.165) is 5.69 Å². The fourth-order valence-electron chi connectivity index (χ4n) is 2.46. The van der Waals surface area contributed by atoms with E-state index in [2.05, 4.69) is 25.9 Å². The van der Waals surface area contributed by atoms with E-state index in [1.165, 1.54) is 6.92 Å². The highest BCUT2D eigenvalue weighted by Gasteiger charge is 2.11. The summed E-state index contributed by atoms with van der Waals surface area (Å²) in [6, 6.07) is 15.5. The van der Waals surface area contributed by atoms with Crippen LogP contribution in [0.2, 0.25) is 5.02 Å². The summed E-state index contributed by atoms with van der Waals surface area (Å²) < 4.78 is 0. The SMILES string of the molecule is CC(=O)Nc1ccc(NC(=O)c2cc(Nc3ccc(Cl)cc3)nc(C)n2)cc1. The zero-order valence-electron chi connectivity index (χ0n) is 15.3. The molecule has 7 nitrogen and oxygen atoms in total. The van der Waals surface area contributed by atoms with Crippen LogP contribution in [0.25, 0.3) is 0 Å². The maximum Gasteiger partial charge on any atom is 0.274 e. The lowest BCUT2D eigenvalue weighted by molar-refractivity contribution is -0.114. The molecule has 0 aliphatic carbocycles. The first kappa shape index (κ1) is 19.3. The minimum atomic E-state index is -0.364. The molecule has 142 valence electrons. The molecular formula is C20H18ClN5O2. The summed E-state index contributed by atoms with van der Waals surface area (Å²) in [7, 11) is 0. The van der Waals surface area contributed by atoms with Gasteiger partial charge >= 0.3 is 0 Å². The smallest absolute Gasteiger partial charge is 0.274 e. The lowest BCUT2D eigenvalue weighted by atomic mass is 10.2. The van der Waals surface area contributed by atoms with Gasteiger partial charge in [-0.2, -0.15) is 0 Å². The van der Waals surface area contributed by atoms with Crippen molar-refractivity contribution >= 4 is 46.3 Å². The number of carbonyl (C=O) groups excluding carboxylic acids is 2. The lowest BCUT2D eigenvalue weighted by Crippen LogP contribution is -2.15. The predicted octanol–water partition coefficient (Wildman–Crippen LogP) is 4.39. The highest BCUT2D eigenvalue weighted by molar-refractivity contribution is 6.30. The van der Waals surface area contributed by atoms with E-state index in [4.69, 9.17) is 11.6 Å². The Hall–Kier alpha value is -3.45. The normalized spacial score (nSPS) is 10.2. The largest absolute Gasteiger partial charge is 0.340 e. The molecule has 0 unspecified atom stereocenters. The molecule has 2 amide bonds. The van der Waals surface area contributed by atoms with Crippen LogP contribution in [0.3, 0.4) is 0 Å². The summed E-state index contributed by atoms with van der Waals surface area (Å²) in [6.07, 6.45) is 0. The van der Waals surface area contributed by atoms with Crippen molar-refractivity contribution in [1.29, 1.82) is 0 Å². The van der Waals surface area contributed by atoms with Crippen LogP contribution in [-0.2, 0) is 4.79 Å². The second-order valence-corrected chi connectivity index (χ2v) is 6.47. The Balaban J connectivity index is 1.73. The third-order valence-corrected chi connectivity index (χ3v) is 3.90. The van der Waals surface area contributed by atoms with Gasteiger partial charge in [-0.1, -0.05) is 11.6 Å². The van der Waals surface area contributed by atoms with E-state index in [1.54, 1.807) is 49.4 Å². The Kier molecular flexibility index (Phi) is 5.86. The molecule has 0 saturated carbocycles. The Morgan fingerprint density at radius 2 is 1.43 bits per heavy atom. The van der Waals surface area contributed by atoms with Crippen molar-refractivity contribution < 1.29 is 9.59 Å². The number of aryl methyl sites for hydroxylation is 1. The molecule has 0 atom stereocenters. The molecule has 3 rings (SSSR count). The molecule has 0 radical (unpaired) electrons. The average Bonchev–Trinajstić information content (AvgIpc) is 2.64. The highest BCUT2D eigenvalue weighted by Crippen LogP contribution is 2.19. The summed E-state index contributed by atoms with van der Waals surface area (Å²) >= 11 is 5.89. The Morgan fingerprint density at radius 3 is 2.04 bits per heavy atom. The number of nitrogens with zero attached hydrogens (tertiary/aromatic N) is 2. The first-order chi connectivity index (χ1) is 13.4. The number of nitrogens with one attached hydrogen (secondary N) is 3. The summed E-state index contributed by atoms with van der Waals surface area (Å²) in [5, 5.41) is 9.21. The van der Waals surface area contributed by atoms with Crippen LogP contribution in [-0.4, -0.2) is 21.8 Å². The van der Waals surface area contributed by atoms with Gasteiger partial charge in [0.2, 0.25) is 5.91 Å². The van der Waals surface area contributed by atoms with E-state index in [0.29, 0.717) is 28.0 Å². The van der Waals surface area contributed by atoms with Gasteiger partial charge in [0, 0.05) is 35.1 Å². The number of rotatable bonds is 5. The van der Waals surface area contributed by atoms with E-state index in [9.17, 15) is 9.59 Å². The van der Waals surface area contributed by atoms with Crippen LogP contribution in [0.4, 0.5) is 22.9 Å². The van der Waals surface area contributed by atoms with Crippen LogP contribution < -0.4 is 16.0 Å². The summed E-state index contributed by atoms with van der Waals surface area (Å²) in [6.45, 7) is 3.15. The van der Waals surface area contributed by atoms with Gasteiger partial charge in [-0.15, -0.1) is 0 Å². The summed E-state index contributed by atoms with van der Waals surface area (Å²) in [5.41, 5.74) is 2.26. The maximum atomic E-state index is 12.6. The third-order valence-electron chi connectivity index (χ3n) is 3.65. The van der Waals surface area contributed by atoms with E-state index < -0.39 is 0 Å². The van der Waals surface area contributed by atoms with Crippen molar-refractivity contribution in [2.24, 2.45) is 0 Å². The third kappa shape index (κ3) is 5.28. The molecule has 0 bridgehead atoms. The molecular weight excluding hydrogens is 378 g/mol. The van der Waals surface area contributed by atoms with Crippen LogP contribution in [0.5, 0.6) is 0 Å². The molecule has 0 fully saturated rings. The molecule has 0 saturated heterocycles. The molecule has 0 aliphatic rings. The number of halogens is 1. The molecule has 2 aromatic carbocycles. The van der Waals surface area contributed by atoms with E-state index in [-0.39, 0.29) is 17.5 Å². The number of anilines is 4. The van der Waals surface area contributed by atoms with Gasteiger partial charge in [0.05, 0.1) is 0 Å². The number of benzene rings is 2. The minimum Gasteiger partial charge on any atom is -0.340 e. The number of hydrogen-bond acceptors (Lipinski definition) is 5. The molecule has 8 heteroatoms. The van der Waals surface area contributed by atoms with Gasteiger partial charge in [0.25, 0.3) is 5.91 Å². The molecule has 1 heterocycles. The summed E-state index contributed by atoms with van der Waals surface area (Å²) in [4.78, 5) is 32.1. The van der Waals surface area contributed by atoms with Crippen LogP contribution >= 0.6 is 11.6 Å². The number of aromatic nitrogens is 2. The van der Waals surface area contributed by atoms with Crippen LogP contribution in [0.1, 0.15) is 23.2 Å². The van der Waals surface area contributed by atoms with Gasteiger partial charge < -0.3 is 16.0 Å². The molecule has 28 heavy (non-hydrogen) atoms. The zero-order valence-corrected chi connectivity index (χ0v) is 16.0. The first-order valence-electron chi connectivity index (χ1n) is 8.46. The van der Waals surface area contributed by atoms with Crippen molar-refractivity contribution in [1.82, 2.24) is 9.97 Å². The minimum absolute atomic E-state index is 0.158. The molecule has 3 N–H and O–H groups in total. The number of hydrogen-bond donors (Lipinski definition) is 3. The van der Waals surface area contributed by atoms with Crippen LogP contribution in [0.15, 0.2) is 54.6 Å². The molecule has 0 spiro atoms. The first-order valence-corrected chi connectivity index (χ1v) is 8.84. The van der Waals surface area contributed by atoms with E-state index in [1.807, 2.05) is 12.1 Å². The van der Waals surface area contributed by atoms with Crippen molar-refractivity contribution in [3.8, 4) is 0 Å². The topological polar surface area (TPSA) is 96.0 Å². The summed E-state index contributed by atoms with van der Waals surface area (Å²) in [5.74, 6) is 0.442. The average molecular weight is 396 g/mol.